The first-order valence-electron chi connectivity index (χ1n) is 3.84. The lowest BCUT2D eigenvalue weighted by Gasteiger charge is -2.35. The molecule has 0 aromatic heterocycles. The number of carbonyl (C=O) groups is 2. The van der Waals surface area contributed by atoms with E-state index in [2.05, 4.69) is 11.2 Å². The van der Waals surface area contributed by atoms with Crippen LogP contribution in [-0.4, -0.2) is 41.6 Å². The highest BCUT2D eigenvalue weighted by molar-refractivity contribution is 5.82. The zero-order chi connectivity index (χ0) is 9.84. The van der Waals surface area contributed by atoms with Crippen LogP contribution in [0.3, 0.4) is 0 Å². The Morgan fingerprint density at radius 2 is 2.23 bits per heavy atom. The first-order valence-corrected chi connectivity index (χ1v) is 3.84. The summed E-state index contributed by atoms with van der Waals surface area (Å²) in [6.07, 6.45) is 3.96. The lowest BCUT2D eigenvalue weighted by molar-refractivity contribution is -0.128. The van der Waals surface area contributed by atoms with E-state index in [1.165, 1.54) is 4.90 Å². The normalized spacial score (nSPS) is 15.8. The maximum absolute atomic E-state index is 11.1. The van der Waals surface area contributed by atoms with Gasteiger partial charge in [-0.15, -0.1) is 6.42 Å². The summed E-state index contributed by atoms with van der Waals surface area (Å²) in [5.41, 5.74) is 0. The highest BCUT2D eigenvalue weighted by atomic mass is 16.4. The number of likely N-dealkylation sites (tertiary alicyclic amines) is 1. The van der Waals surface area contributed by atoms with Crippen molar-refractivity contribution in [1.29, 1.82) is 0 Å². The quantitative estimate of drug-likeness (QED) is 0.557. The third-order valence-corrected chi connectivity index (χ3v) is 1.89. The lowest BCUT2D eigenvalue weighted by Crippen LogP contribution is -2.55. The highest BCUT2D eigenvalue weighted by Gasteiger charge is 2.35. The summed E-state index contributed by atoms with van der Waals surface area (Å²) in [4.78, 5) is 22.6. The summed E-state index contributed by atoms with van der Waals surface area (Å²) in [6, 6.07) is 0. The number of terminal acetylenes is 1. The maximum atomic E-state index is 11.1. The second-order valence-corrected chi connectivity index (χ2v) is 2.81. The van der Waals surface area contributed by atoms with E-state index in [9.17, 15) is 9.59 Å². The van der Waals surface area contributed by atoms with Gasteiger partial charge in [0.2, 0.25) is 5.91 Å². The van der Waals surface area contributed by atoms with Gasteiger partial charge in [0.15, 0.2) is 0 Å². The standard InChI is InChI=1S/C8H10N2O3/c1-2-3-9-7(11)6-4-10(5-6)8(12)13/h1,6H,3-5H2,(H,9,11)(H,12,13). The molecule has 5 nitrogen and oxygen atoms in total. The van der Waals surface area contributed by atoms with Gasteiger partial charge in [-0.3, -0.25) is 4.79 Å². The molecule has 0 atom stereocenters. The Labute approximate surface area is 75.7 Å². The summed E-state index contributed by atoms with van der Waals surface area (Å²) < 4.78 is 0. The number of hydrogen-bond donors (Lipinski definition) is 2. The number of nitrogens with one attached hydrogen (secondary N) is 1. The van der Waals surface area contributed by atoms with Crippen LogP contribution in [0.1, 0.15) is 0 Å². The fourth-order valence-corrected chi connectivity index (χ4v) is 1.08. The minimum Gasteiger partial charge on any atom is -0.465 e. The van der Waals surface area contributed by atoms with E-state index < -0.39 is 6.09 Å². The molecule has 0 aliphatic carbocycles. The van der Waals surface area contributed by atoms with E-state index in [4.69, 9.17) is 11.5 Å². The summed E-state index contributed by atoms with van der Waals surface area (Å²) >= 11 is 0. The Kier molecular flexibility index (Phi) is 2.75. The van der Waals surface area contributed by atoms with Crippen molar-refractivity contribution >= 4 is 12.0 Å². The number of amides is 2. The maximum Gasteiger partial charge on any atom is 0.407 e. The molecule has 0 aromatic carbocycles. The van der Waals surface area contributed by atoms with Crippen molar-refractivity contribution < 1.29 is 14.7 Å². The van der Waals surface area contributed by atoms with Crippen LogP contribution in [0.2, 0.25) is 0 Å². The predicted octanol–water partition coefficient (Wildman–Crippen LogP) is -0.654. The highest BCUT2D eigenvalue weighted by Crippen LogP contribution is 2.14. The predicted molar refractivity (Wildman–Crippen MR) is 44.9 cm³/mol. The van der Waals surface area contributed by atoms with Gasteiger partial charge in [-0.1, -0.05) is 5.92 Å². The van der Waals surface area contributed by atoms with Crippen molar-refractivity contribution in [3.8, 4) is 12.3 Å². The Balaban J connectivity index is 2.24. The molecular formula is C8H10N2O3. The minimum atomic E-state index is -0.985. The average molecular weight is 182 g/mol. The van der Waals surface area contributed by atoms with Gasteiger partial charge in [0.1, 0.15) is 0 Å². The van der Waals surface area contributed by atoms with Crippen LogP contribution in [0, 0.1) is 18.3 Å². The molecule has 0 unspecified atom stereocenters. The van der Waals surface area contributed by atoms with Crippen molar-refractivity contribution in [3.63, 3.8) is 0 Å². The van der Waals surface area contributed by atoms with Crippen LogP contribution in [0.5, 0.6) is 0 Å². The van der Waals surface area contributed by atoms with E-state index in [1.807, 2.05) is 0 Å². The molecule has 1 heterocycles. The van der Waals surface area contributed by atoms with Crippen molar-refractivity contribution in [2.45, 2.75) is 0 Å². The molecule has 70 valence electrons. The zero-order valence-electron chi connectivity index (χ0n) is 6.99. The summed E-state index contributed by atoms with van der Waals surface area (Å²) in [5, 5.41) is 11.0. The van der Waals surface area contributed by atoms with Crippen LogP contribution in [-0.2, 0) is 4.79 Å². The fraction of sp³-hybridized carbons (Fsp3) is 0.500. The van der Waals surface area contributed by atoms with Gasteiger partial charge in [-0.2, -0.15) is 0 Å². The largest absolute Gasteiger partial charge is 0.465 e. The number of carboxylic acid groups (broad SMARTS) is 1. The fourth-order valence-electron chi connectivity index (χ4n) is 1.08. The van der Waals surface area contributed by atoms with Gasteiger partial charge in [0.25, 0.3) is 0 Å². The van der Waals surface area contributed by atoms with Crippen LogP contribution in [0.4, 0.5) is 4.79 Å². The Morgan fingerprint density at radius 1 is 1.62 bits per heavy atom. The monoisotopic (exact) mass is 182 g/mol. The molecule has 2 amide bonds. The molecule has 13 heavy (non-hydrogen) atoms. The van der Waals surface area contributed by atoms with Crippen LogP contribution < -0.4 is 5.32 Å². The summed E-state index contributed by atoms with van der Waals surface area (Å²) in [5.74, 6) is 1.87. The molecule has 1 saturated heterocycles. The number of nitrogens with zero attached hydrogens (tertiary/aromatic N) is 1. The van der Waals surface area contributed by atoms with Crippen molar-refractivity contribution in [1.82, 2.24) is 10.2 Å². The molecule has 1 aliphatic heterocycles. The number of carbonyl (C=O) groups excluding carboxylic acids is 1. The average Bonchev–Trinajstić information content (AvgIpc) is 1.97. The molecule has 0 bridgehead atoms. The van der Waals surface area contributed by atoms with Crippen molar-refractivity contribution in [2.24, 2.45) is 5.92 Å². The van der Waals surface area contributed by atoms with Gasteiger partial charge in [0.05, 0.1) is 12.5 Å². The minimum absolute atomic E-state index is 0.171. The molecule has 1 rings (SSSR count). The van der Waals surface area contributed by atoms with Gasteiger partial charge in [-0.05, 0) is 0 Å². The molecular weight excluding hydrogens is 172 g/mol. The van der Waals surface area contributed by atoms with Crippen LogP contribution >= 0.6 is 0 Å². The molecule has 1 aliphatic rings. The third-order valence-electron chi connectivity index (χ3n) is 1.89. The van der Waals surface area contributed by atoms with Crippen LogP contribution in [0.25, 0.3) is 0 Å². The Morgan fingerprint density at radius 3 is 2.69 bits per heavy atom. The van der Waals surface area contributed by atoms with Crippen molar-refractivity contribution in [3.05, 3.63) is 0 Å². The molecule has 1 fully saturated rings. The zero-order valence-corrected chi connectivity index (χ0v) is 6.99. The summed E-state index contributed by atoms with van der Waals surface area (Å²) in [6.45, 7) is 0.736. The molecule has 0 saturated carbocycles. The van der Waals surface area contributed by atoms with E-state index in [0.717, 1.165) is 0 Å². The molecule has 2 N–H and O–H groups in total. The Bertz CT molecular complexity index is 263. The lowest BCUT2D eigenvalue weighted by atomic mass is 10.0. The van der Waals surface area contributed by atoms with E-state index in [-0.39, 0.29) is 31.5 Å². The van der Waals surface area contributed by atoms with E-state index in [0.29, 0.717) is 0 Å². The SMILES string of the molecule is C#CCNC(=O)C1CN(C(=O)O)C1. The molecule has 0 aromatic rings. The van der Waals surface area contributed by atoms with E-state index in [1.54, 1.807) is 0 Å². The molecule has 5 heteroatoms. The van der Waals surface area contributed by atoms with E-state index >= 15 is 0 Å². The summed E-state index contributed by atoms with van der Waals surface area (Å²) in [7, 11) is 0. The third kappa shape index (κ3) is 2.12. The number of rotatable bonds is 2. The topological polar surface area (TPSA) is 69.6 Å². The Hall–Kier alpha value is -1.70. The van der Waals surface area contributed by atoms with Gasteiger partial charge in [-0.25, -0.2) is 4.79 Å². The van der Waals surface area contributed by atoms with Crippen molar-refractivity contribution in [2.75, 3.05) is 19.6 Å². The first kappa shape index (κ1) is 9.39. The van der Waals surface area contributed by atoms with Gasteiger partial charge in [0, 0.05) is 13.1 Å². The molecule has 0 spiro atoms. The van der Waals surface area contributed by atoms with Gasteiger partial charge >= 0.3 is 6.09 Å². The van der Waals surface area contributed by atoms with Crippen LogP contribution in [0.15, 0.2) is 0 Å². The van der Waals surface area contributed by atoms with Gasteiger partial charge < -0.3 is 15.3 Å². The second-order valence-electron chi connectivity index (χ2n) is 2.81. The number of hydrogen-bond acceptors (Lipinski definition) is 2. The second kappa shape index (κ2) is 3.81. The smallest absolute Gasteiger partial charge is 0.407 e. The first-order chi connectivity index (χ1) is 6.15. The molecule has 0 radical (unpaired) electrons.